The number of pyridine rings is 1. The molecule has 0 aliphatic carbocycles. The first-order valence-electron chi connectivity index (χ1n) is 4.13. The first-order valence-corrected chi connectivity index (χ1v) is 4.13. The molecule has 0 aliphatic rings. The zero-order valence-corrected chi connectivity index (χ0v) is 7.84. The van der Waals surface area contributed by atoms with Crippen LogP contribution < -0.4 is 0 Å². The van der Waals surface area contributed by atoms with Crippen molar-refractivity contribution in [3.63, 3.8) is 0 Å². The van der Waals surface area contributed by atoms with Gasteiger partial charge in [0.2, 0.25) is 0 Å². The topological polar surface area (TPSA) is 33.1 Å². The monoisotopic (exact) mass is 215 g/mol. The number of halogens is 3. The summed E-state index contributed by atoms with van der Waals surface area (Å²) in [6, 6.07) is 3.44. The molecule has 0 saturated heterocycles. The minimum atomic E-state index is -4.47. The fourth-order valence-corrected chi connectivity index (χ4v) is 0.841. The lowest BCUT2D eigenvalue weighted by Gasteiger charge is -2.04. The maximum Gasteiger partial charge on any atom is 0.433 e. The molecular formula is C10H8F3NO. The zero-order valence-electron chi connectivity index (χ0n) is 7.84. The Balaban J connectivity index is 3.00. The Bertz CT molecular complexity index is 401. The number of hydrogen-bond acceptors (Lipinski definition) is 2. The summed E-state index contributed by atoms with van der Waals surface area (Å²) in [5.41, 5.74) is -0.995. The first kappa shape index (κ1) is 11.5. The summed E-state index contributed by atoms with van der Waals surface area (Å²) >= 11 is 0. The van der Waals surface area contributed by atoms with Gasteiger partial charge in [0.05, 0.1) is 0 Å². The van der Waals surface area contributed by atoms with Gasteiger partial charge in [0, 0.05) is 0 Å². The number of hydrogen-bond donors (Lipinski definition) is 1. The van der Waals surface area contributed by atoms with Crippen LogP contribution in [0.2, 0.25) is 0 Å². The molecule has 0 saturated carbocycles. The van der Waals surface area contributed by atoms with Gasteiger partial charge in [-0.1, -0.05) is 12.0 Å². The van der Waals surface area contributed by atoms with E-state index >= 15 is 0 Å². The number of aromatic nitrogens is 1. The van der Waals surface area contributed by atoms with Gasteiger partial charge in [-0.05, 0) is 25.0 Å². The third-order valence-corrected chi connectivity index (χ3v) is 1.45. The van der Waals surface area contributed by atoms with Crippen LogP contribution in [0.1, 0.15) is 18.3 Å². The predicted octanol–water partition coefficient (Wildman–Crippen LogP) is 1.83. The van der Waals surface area contributed by atoms with Gasteiger partial charge >= 0.3 is 6.18 Å². The highest BCUT2D eigenvalue weighted by Gasteiger charge is 2.32. The van der Waals surface area contributed by atoms with Crippen LogP contribution in [0.5, 0.6) is 0 Å². The van der Waals surface area contributed by atoms with Crippen molar-refractivity contribution in [2.75, 3.05) is 0 Å². The van der Waals surface area contributed by atoms with Crippen molar-refractivity contribution in [1.82, 2.24) is 4.98 Å². The first-order chi connectivity index (χ1) is 6.89. The van der Waals surface area contributed by atoms with Crippen LogP contribution in [0.3, 0.4) is 0 Å². The Morgan fingerprint density at radius 1 is 1.40 bits per heavy atom. The van der Waals surface area contributed by atoms with Crippen LogP contribution in [0.4, 0.5) is 13.2 Å². The molecule has 1 N–H and O–H groups in total. The molecule has 1 rings (SSSR count). The van der Waals surface area contributed by atoms with Crippen molar-refractivity contribution in [3.05, 3.63) is 29.6 Å². The van der Waals surface area contributed by atoms with Crippen LogP contribution in [0.25, 0.3) is 0 Å². The van der Waals surface area contributed by atoms with E-state index in [1.807, 2.05) is 0 Å². The van der Waals surface area contributed by atoms with Crippen LogP contribution in [-0.2, 0) is 6.18 Å². The van der Waals surface area contributed by atoms with E-state index in [0.717, 1.165) is 6.07 Å². The highest BCUT2D eigenvalue weighted by Crippen LogP contribution is 2.27. The molecule has 0 radical (unpaired) electrons. The van der Waals surface area contributed by atoms with Crippen molar-refractivity contribution in [2.24, 2.45) is 0 Å². The minimum Gasteiger partial charge on any atom is -0.381 e. The van der Waals surface area contributed by atoms with Crippen molar-refractivity contribution < 1.29 is 18.3 Å². The van der Waals surface area contributed by atoms with Gasteiger partial charge in [-0.15, -0.1) is 0 Å². The zero-order chi connectivity index (χ0) is 11.5. The van der Waals surface area contributed by atoms with Gasteiger partial charge in [0.25, 0.3) is 0 Å². The molecule has 5 heteroatoms. The van der Waals surface area contributed by atoms with E-state index in [4.69, 9.17) is 5.11 Å². The van der Waals surface area contributed by atoms with Gasteiger partial charge in [-0.2, -0.15) is 13.2 Å². The Hall–Kier alpha value is -1.54. The molecule has 0 fully saturated rings. The molecule has 1 atom stereocenters. The molecule has 1 aromatic heterocycles. The van der Waals surface area contributed by atoms with E-state index in [-0.39, 0.29) is 5.69 Å². The molecule has 15 heavy (non-hydrogen) atoms. The summed E-state index contributed by atoms with van der Waals surface area (Å²) in [4.78, 5) is 3.31. The van der Waals surface area contributed by atoms with Crippen molar-refractivity contribution >= 4 is 0 Å². The lowest BCUT2D eigenvalue weighted by atomic mass is 10.3. The Morgan fingerprint density at radius 3 is 2.60 bits per heavy atom. The number of alkyl halides is 3. The molecule has 2 nitrogen and oxygen atoms in total. The molecule has 0 aromatic carbocycles. The quantitative estimate of drug-likeness (QED) is 0.670. The van der Waals surface area contributed by atoms with Crippen LogP contribution in [-0.4, -0.2) is 16.2 Å². The highest BCUT2D eigenvalue weighted by atomic mass is 19.4. The van der Waals surface area contributed by atoms with Crippen molar-refractivity contribution in [1.29, 1.82) is 0 Å². The average molecular weight is 215 g/mol. The van der Waals surface area contributed by atoms with Gasteiger partial charge in [-0.3, -0.25) is 0 Å². The molecule has 1 aromatic rings. The fraction of sp³-hybridized carbons (Fsp3) is 0.300. The second kappa shape index (κ2) is 4.32. The Kier molecular flexibility index (Phi) is 3.32. The molecule has 1 heterocycles. The van der Waals surface area contributed by atoms with Crippen molar-refractivity contribution in [2.45, 2.75) is 19.2 Å². The molecule has 0 bridgehead atoms. The van der Waals surface area contributed by atoms with Crippen LogP contribution in [0, 0.1) is 11.8 Å². The third kappa shape index (κ3) is 3.60. The lowest BCUT2D eigenvalue weighted by Crippen LogP contribution is -2.08. The van der Waals surface area contributed by atoms with Gasteiger partial charge in [0.15, 0.2) is 0 Å². The summed E-state index contributed by atoms with van der Waals surface area (Å²) in [6.45, 7) is 1.42. The summed E-state index contributed by atoms with van der Waals surface area (Å²) in [6.07, 6.45) is -5.36. The van der Waals surface area contributed by atoms with E-state index in [2.05, 4.69) is 16.8 Å². The molecule has 0 unspecified atom stereocenters. The molecule has 80 valence electrons. The van der Waals surface area contributed by atoms with Gasteiger partial charge in [-0.25, -0.2) is 4.98 Å². The lowest BCUT2D eigenvalue weighted by molar-refractivity contribution is -0.141. The summed E-state index contributed by atoms with van der Waals surface area (Å²) in [5.74, 6) is 4.66. The van der Waals surface area contributed by atoms with Crippen molar-refractivity contribution in [3.8, 4) is 11.8 Å². The third-order valence-electron chi connectivity index (χ3n) is 1.45. The molecule has 0 amide bonds. The van der Waals surface area contributed by atoms with Crippen LogP contribution in [0.15, 0.2) is 18.2 Å². The Labute approximate surface area is 84.8 Å². The van der Waals surface area contributed by atoms with E-state index in [1.165, 1.54) is 19.1 Å². The minimum absolute atomic E-state index is 0.00859. The maximum atomic E-state index is 12.2. The number of aliphatic hydroxyl groups is 1. The summed E-state index contributed by atoms with van der Waals surface area (Å²) in [5, 5.41) is 8.82. The van der Waals surface area contributed by atoms with Gasteiger partial charge in [0.1, 0.15) is 17.5 Å². The number of rotatable bonds is 0. The fourth-order valence-electron chi connectivity index (χ4n) is 0.841. The number of aliphatic hydroxyl groups excluding tert-OH is 1. The van der Waals surface area contributed by atoms with E-state index in [1.54, 1.807) is 0 Å². The molecular weight excluding hydrogens is 207 g/mol. The van der Waals surface area contributed by atoms with Crippen LogP contribution >= 0.6 is 0 Å². The van der Waals surface area contributed by atoms with E-state index in [0.29, 0.717) is 0 Å². The molecule has 0 aliphatic heterocycles. The largest absolute Gasteiger partial charge is 0.433 e. The smallest absolute Gasteiger partial charge is 0.381 e. The van der Waals surface area contributed by atoms with E-state index in [9.17, 15) is 13.2 Å². The number of nitrogens with zero attached hydrogens (tertiary/aromatic N) is 1. The maximum absolute atomic E-state index is 12.2. The average Bonchev–Trinajstić information content (AvgIpc) is 2.14. The van der Waals surface area contributed by atoms with Gasteiger partial charge < -0.3 is 5.11 Å². The summed E-state index contributed by atoms with van der Waals surface area (Å²) < 4.78 is 36.6. The SMILES string of the molecule is C[C@H](O)C#Cc1cccc(C(F)(F)F)n1. The second-order valence-corrected chi connectivity index (χ2v) is 2.85. The molecule has 0 spiro atoms. The normalized spacial score (nSPS) is 12.9. The predicted molar refractivity (Wildman–Crippen MR) is 47.8 cm³/mol. The highest BCUT2D eigenvalue weighted by molar-refractivity contribution is 5.30. The Morgan fingerprint density at radius 2 is 2.07 bits per heavy atom. The summed E-state index contributed by atoms with van der Waals surface area (Å²) in [7, 11) is 0. The second-order valence-electron chi connectivity index (χ2n) is 2.85. The standard InChI is InChI=1S/C10H8F3NO/c1-7(15)5-6-8-3-2-4-9(14-8)10(11,12)13/h2-4,7,15H,1H3/t7-/m0/s1. The van der Waals surface area contributed by atoms with E-state index < -0.39 is 18.0 Å².